The van der Waals surface area contributed by atoms with Gasteiger partial charge in [-0.05, 0) is 42.7 Å². The number of carbonyl (C=O) groups excluding carboxylic acids is 1. The van der Waals surface area contributed by atoms with Crippen LogP contribution in [0.2, 0.25) is 0 Å². The molecule has 0 saturated heterocycles. The zero-order chi connectivity index (χ0) is 19.9. The molecule has 0 aliphatic rings. The lowest BCUT2D eigenvalue weighted by atomic mass is 10.2. The summed E-state index contributed by atoms with van der Waals surface area (Å²) < 4.78 is 0. The molecule has 6 heteroatoms. The van der Waals surface area contributed by atoms with E-state index in [1.165, 1.54) is 5.56 Å². The fourth-order valence-corrected chi connectivity index (χ4v) is 2.90. The second kappa shape index (κ2) is 9.08. The third-order valence-electron chi connectivity index (χ3n) is 4.50. The second-order valence-electron chi connectivity index (χ2n) is 6.87. The van der Waals surface area contributed by atoms with E-state index in [2.05, 4.69) is 15.0 Å². The van der Waals surface area contributed by atoms with Crippen LogP contribution in [-0.2, 0) is 13.0 Å². The SMILES string of the molecule is Cc1cc(C(=O)N(C)Cc2ccccc2)nc(N(C)CCc2ccncc2)n1. The van der Waals surface area contributed by atoms with E-state index >= 15 is 0 Å². The number of likely N-dealkylation sites (N-methyl/N-ethyl adjacent to an activating group) is 1. The number of aryl methyl sites for hydroxylation is 1. The minimum atomic E-state index is -0.113. The number of hydrogen-bond donors (Lipinski definition) is 0. The lowest BCUT2D eigenvalue weighted by molar-refractivity contribution is 0.0779. The smallest absolute Gasteiger partial charge is 0.272 e. The van der Waals surface area contributed by atoms with E-state index in [1.807, 2.05) is 61.3 Å². The number of nitrogens with zero attached hydrogens (tertiary/aromatic N) is 5. The zero-order valence-corrected chi connectivity index (χ0v) is 16.5. The molecule has 0 aliphatic heterocycles. The van der Waals surface area contributed by atoms with Gasteiger partial charge in [-0.25, -0.2) is 9.97 Å². The highest BCUT2D eigenvalue weighted by molar-refractivity contribution is 5.92. The van der Waals surface area contributed by atoms with Crippen molar-refractivity contribution in [1.82, 2.24) is 19.9 Å². The molecule has 0 aliphatic carbocycles. The molecule has 1 aromatic carbocycles. The Labute approximate surface area is 165 Å². The van der Waals surface area contributed by atoms with Crippen molar-refractivity contribution in [1.29, 1.82) is 0 Å². The van der Waals surface area contributed by atoms with Crippen molar-refractivity contribution in [2.75, 3.05) is 25.5 Å². The largest absolute Gasteiger partial charge is 0.344 e. The molecule has 0 fully saturated rings. The van der Waals surface area contributed by atoms with Crippen LogP contribution in [0, 0.1) is 6.92 Å². The molecule has 0 N–H and O–H groups in total. The van der Waals surface area contributed by atoms with Crippen LogP contribution in [0.1, 0.15) is 27.3 Å². The van der Waals surface area contributed by atoms with E-state index in [4.69, 9.17) is 0 Å². The summed E-state index contributed by atoms with van der Waals surface area (Å²) in [6.07, 6.45) is 4.43. The summed E-state index contributed by atoms with van der Waals surface area (Å²) in [5.41, 5.74) is 3.47. The minimum Gasteiger partial charge on any atom is -0.344 e. The summed E-state index contributed by atoms with van der Waals surface area (Å²) in [5.74, 6) is 0.448. The standard InChI is InChI=1S/C22H25N5O/c1-17-15-20(21(28)27(3)16-19-7-5-4-6-8-19)25-22(24-17)26(2)14-11-18-9-12-23-13-10-18/h4-10,12-13,15H,11,14,16H2,1-3H3. The number of rotatable bonds is 7. The Morgan fingerprint density at radius 1 is 0.964 bits per heavy atom. The number of carbonyl (C=O) groups is 1. The molecule has 1 amide bonds. The van der Waals surface area contributed by atoms with Crippen LogP contribution >= 0.6 is 0 Å². The van der Waals surface area contributed by atoms with E-state index < -0.39 is 0 Å². The number of aromatic nitrogens is 3. The van der Waals surface area contributed by atoms with Crippen LogP contribution in [0.15, 0.2) is 60.9 Å². The van der Waals surface area contributed by atoms with Crippen LogP contribution in [0.25, 0.3) is 0 Å². The first kappa shape index (κ1) is 19.5. The van der Waals surface area contributed by atoms with Gasteiger partial charge >= 0.3 is 0 Å². The Hall–Kier alpha value is -3.28. The molecule has 0 saturated carbocycles. The van der Waals surface area contributed by atoms with E-state index in [0.717, 1.165) is 24.2 Å². The highest BCUT2D eigenvalue weighted by atomic mass is 16.2. The molecular weight excluding hydrogens is 350 g/mol. The molecule has 144 valence electrons. The van der Waals surface area contributed by atoms with Gasteiger partial charge in [0.25, 0.3) is 5.91 Å². The first-order chi connectivity index (χ1) is 13.5. The van der Waals surface area contributed by atoms with Crippen LogP contribution in [0.4, 0.5) is 5.95 Å². The van der Waals surface area contributed by atoms with Crippen LogP contribution in [-0.4, -0.2) is 46.4 Å². The highest BCUT2D eigenvalue weighted by Crippen LogP contribution is 2.13. The Morgan fingerprint density at radius 2 is 1.68 bits per heavy atom. The molecule has 2 aromatic heterocycles. The summed E-state index contributed by atoms with van der Waals surface area (Å²) in [7, 11) is 3.73. The van der Waals surface area contributed by atoms with Gasteiger partial charge in [-0.2, -0.15) is 0 Å². The molecule has 3 rings (SSSR count). The maximum absolute atomic E-state index is 12.9. The third kappa shape index (κ3) is 5.13. The normalized spacial score (nSPS) is 10.5. The Kier molecular flexibility index (Phi) is 6.32. The average molecular weight is 375 g/mol. The quantitative estimate of drug-likeness (QED) is 0.635. The van der Waals surface area contributed by atoms with Gasteiger partial charge in [0, 0.05) is 45.3 Å². The van der Waals surface area contributed by atoms with Crippen molar-refractivity contribution in [2.45, 2.75) is 19.9 Å². The summed E-state index contributed by atoms with van der Waals surface area (Å²) >= 11 is 0. The summed E-state index contributed by atoms with van der Waals surface area (Å²) in [6, 6.07) is 15.7. The second-order valence-corrected chi connectivity index (χ2v) is 6.87. The van der Waals surface area contributed by atoms with Gasteiger partial charge < -0.3 is 9.80 Å². The molecule has 0 unspecified atom stereocenters. The average Bonchev–Trinajstić information content (AvgIpc) is 2.72. The zero-order valence-electron chi connectivity index (χ0n) is 16.5. The van der Waals surface area contributed by atoms with Crippen LogP contribution in [0.3, 0.4) is 0 Å². The number of amides is 1. The van der Waals surface area contributed by atoms with Gasteiger partial charge in [0.2, 0.25) is 5.95 Å². The maximum Gasteiger partial charge on any atom is 0.272 e. The Bertz CT molecular complexity index is 915. The fourth-order valence-electron chi connectivity index (χ4n) is 2.90. The first-order valence-electron chi connectivity index (χ1n) is 9.28. The van der Waals surface area contributed by atoms with Gasteiger partial charge in [0.1, 0.15) is 5.69 Å². The predicted molar refractivity (Wildman–Crippen MR) is 110 cm³/mol. The fraction of sp³-hybridized carbons (Fsp3) is 0.273. The topological polar surface area (TPSA) is 62.2 Å². The van der Waals surface area contributed by atoms with Crippen molar-refractivity contribution < 1.29 is 4.79 Å². The maximum atomic E-state index is 12.9. The van der Waals surface area contributed by atoms with E-state index in [9.17, 15) is 4.79 Å². The van der Waals surface area contributed by atoms with Gasteiger partial charge in [-0.1, -0.05) is 30.3 Å². The summed E-state index contributed by atoms with van der Waals surface area (Å²) in [4.78, 5) is 29.6. The Balaban J connectivity index is 1.70. The minimum absolute atomic E-state index is 0.113. The van der Waals surface area contributed by atoms with E-state index in [0.29, 0.717) is 18.2 Å². The van der Waals surface area contributed by atoms with E-state index in [-0.39, 0.29) is 5.91 Å². The lowest BCUT2D eigenvalue weighted by Crippen LogP contribution is -2.29. The van der Waals surface area contributed by atoms with Gasteiger partial charge in [-0.15, -0.1) is 0 Å². The molecule has 3 aromatic rings. The highest BCUT2D eigenvalue weighted by Gasteiger charge is 2.17. The lowest BCUT2D eigenvalue weighted by Gasteiger charge is -2.20. The number of pyridine rings is 1. The van der Waals surface area contributed by atoms with Crippen molar-refractivity contribution >= 4 is 11.9 Å². The van der Waals surface area contributed by atoms with Gasteiger partial charge in [0.15, 0.2) is 0 Å². The van der Waals surface area contributed by atoms with Crippen LogP contribution in [0.5, 0.6) is 0 Å². The molecule has 2 heterocycles. The van der Waals surface area contributed by atoms with Crippen molar-refractivity contribution in [3.8, 4) is 0 Å². The monoisotopic (exact) mass is 375 g/mol. The molecule has 0 bridgehead atoms. The van der Waals surface area contributed by atoms with Crippen molar-refractivity contribution in [3.63, 3.8) is 0 Å². The van der Waals surface area contributed by atoms with Crippen molar-refractivity contribution in [2.24, 2.45) is 0 Å². The molecule has 6 nitrogen and oxygen atoms in total. The summed E-state index contributed by atoms with van der Waals surface area (Å²) in [5, 5.41) is 0. The first-order valence-corrected chi connectivity index (χ1v) is 9.28. The Morgan fingerprint density at radius 3 is 2.39 bits per heavy atom. The number of anilines is 1. The number of benzene rings is 1. The van der Waals surface area contributed by atoms with Crippen molar-refractivity contribution in [3.05, 3.63) is 83.4 Å². The summed E-state index contributed by atoms with van der Waals surface area (Å²) in [6.45, 7) is 3.17. The molecular formula is C22H25N5O. The van der Waals surface area contributed by atoms with Gasteiger partial charge in [-0.3, -0.25) is 9.78 Å². The van der Waals surface area contributed by atoms with E-state index in [1.54, 1.807) is 30.4 Å². The molecule has 28 heavy (non-hydrogen) atoms. The number of hydrogen-bond acceptors (Lipinski definition) is 5. The third-order valence-corrected chi connectivity index (χ3v) is 4.50. The molecule has 0 radical (unpaired) electrons. The van der Waals surface area contributed by atoms with Crippen LogP contribution < -0.4 is 4.90 Å². The molecule has 0 spiro atoms. The molecule has 0 atom stereocenters. The van der Waals surface area contributed by atoms with Gasteiger partial charge in [0.05, 0.1) is 0 Å². The predicted octanol–water partition coefficient (Wildman–Crippen LogP) is 3.13.